The third kappa shape index (κ3) is 5.08. The molecule has 0 spiro atoms. The van der Waals surface area contributed by atoms with Gasteiger partial charge >= 0.3 is 0 Å². The summed E-state index contributed by atoms with van der Waals surface area (Å²) in [6.07, 6.45) is 5.53. The van der Waals surface area contributed by atoms with E-state index in [1.807, 2.05) is 12.3 Å². The number of nitrogens with zero attached hydrogens (tertiary/aromatic N) is 5. The molecule has 6 rings (SSSR count). The van der Waals surface area contributed by atoms with Crippen molar-refractivity contribution in [2.45, 2.75) is 31.3 Å². The van der Waals surface area contributed by atoms with Gasteiger partial charge < -0.3 is 29.5 Å². The first-order chi connectivity index (χ1) is 17.7. The molecule has 3 N–H and O–H groups in total. The van der Waals surface area contributed by atoms with Crippen LogP contribution in [0.5, 0.6) is 0 Å². The Balaban J connectivity index is 1.24. The van der Waals surface area contributed by atoms with E-state index in [1.165, 1.54) is 30.6 Å². The van der Waals surface area contributed by atoms with Crippen molar-refractivity contribution >= 4 is 28.8 Å². The third-order valence-corrected chi connectivity index (χ3v) is 8.06. The molecule has 3 saturated heterocycles. The molecular weight excluding hydrogens is 456 g/mol. The highest BCUT2D eigenvalue weighted by Gasteiger charge is 2.38. The molecule has 0 amide bonds. The Morgan fingerprint density at radius 1 is 0.972 bits per heavy atom. The molecule has 4 aliphatic rings. The van der Waals surface area contributed by atoms with Crippen molar-refractivity contribution in [3.05, 3.63) is 30.5 Å². The van der Waals surface area contributed by atoms with Gasteiger partial charge in [0.25, 0.3) is 0 Å². The molecule has 10 heteroatoms. The minimum Gasteiger partial charge on any atom is -0.378 e. The molecular formula is C26H38N8O2. The Labute approximate surface area is 213 Å². The number of nitrogens with one attached hydrogen (secondary N) is 3. The minimum atomic E-state index is 0.464. The Hall–Kier alpha value is -2.66. The van der Waals surface area contributed by atoms with Crippen LogP contribution in [-0.2, 0) is 9.47 Å². The molecule has 4 heterocycles. The predicted molar refractivity (Wildman–Crippen MR) is 142 cm³/mol. The molecule has 0 bridgehead atoms. The van der Waals surface area contributed by atoms with Crippen molar-refractivity contribution in [1.29, 1.82) is 0 Å². The summed E-state index contributed by atoms with van der Waals surface area (Å²) >= 11 is 0. The standard InChI is InChI=1S/C26H38N8O2/c1-32(24-4-2-3-23-22(24)18-28-31-23)25-5-6-27-26(30-25)29-19-15-20(33-7-11-35-12-8-33)17-21(16-19)34-9-13-36-14-10-34/h5-6,15-17,22-24,28,31H,2-4,7-14,18H2,1H3,(H,27,29,30). The van der Waals surface area contributed by atoms with E-state index in [1.54, 1.807) is 0 Å². The first-order valence-electron chi connectivity index (χ1n) is 13.4. The van der Waals surface area contributed by atoms with Gasteiger partial charge in [0.05, 0.1) is 26.4 Å². The smallest absolute Gasteiger partial charge is 0.229 e. The Bertz CT molecular complexity index is 991. The van der Waals surface area contributed by atoms with Crippen LogP contribution >= 0.6 is 0 Å². The van der Waals surface area contributed by atoms with Crippen molar-refractivity contribution in [3.8, 4) is 0 Å². The lowest BCUT2D eigenvalue weighted by atomic mass is 9.81. The zero-order valence-corrected chi connectivity index (χ0v) is 21.2. The number of morpholine rings is 2. The highest BCUT2D eigenvalue weighted by molar-refractivity contribution is 5.71. The van der Waals surface area contributed by atoms with Crippen molar-refractivity contribution in [1.82, 2.24) is 20.8 Å². The topological polar surface area (TPSA) is 90.1 Å². The number of rotatable bonds is 6. The maximum Gasteiger partial charge on any atom is 0.229 e. The van der Waals surface area contributed by atoms with Gasteiger partial charge in [0, 0.05) is 81.0 Å². The van der Waals surface area contributed by atoms with E-state index in [0.29, 0.717) is 23.9 Å². The summed E-state index contributed by atoms with van der Waals surface area (Å²) in [5.41, 5.74) is 10.2. The lowest BCUT2D eigenvalue weighted by molar-refractivity contribution is 0.122. The van der Waals surface area contributed by atoms with Gasteiger partial charge in [-0.1, -0.05) is 0 Å². The summed E-state index contributed by atoms with van der Waals surface area (Å²) in [6.45, 7) is 7.64. The van der Waals surface area contributed by atoms with Crippen molar-refractivity contribution in [2.75, 3.05) is 86.2 Å². The number of fused-ring (bicyclic) bond motifs is 1. The maximum atomic E-state index is 5.59. The predicted octanol–water partition coefficient (Wildman–Crippen LogP) is 1.97. The van der Waals surface area contributed by atoms with Crippen molar-refractivity contribution < 1.29 is 9.47 Å². The fourth-order valence-corrected chi connectivity index (χ4v) is 6.07. The molecule has 3 unspecified atom stereocenters. The summed E-state index contributed by atoms with van der Waals surface area (Å²) < 4.78 is 11.2. The number of hydrogen-bond acceptors (Lipinski definition) is 10. The summed E-state index contributed by atoms with van der Waals surface area (Å²) in [6, 6.07) is 9.73. The van der Waals surface area contributed by atoms with Crippen LogP contribution in [0.1, 0.15) is 19.3 Å². The highest BCUT2D eigenvalue weighted by Crippen LogP contribution is 2.33. The Morgan fingerprint density at radius 3 is 2.36 bits per heavy atom. The second-order valence-electron chi connectivity index (χ2n) is 10.2. The average molecular weight is 495 g/mol. The van der Waals surface area contributed by atoms with Gasteiger partial charge in [-0.2, -0.15) is 4.98 Å². The second-order valence-corrected chi connectivity index (χ2v) is 10.2. The Morgan fingerprint density at radius 2 is 1.67 bits per heavy atom. The normalized spacial score (nSPS) is 26.5. The SMILES string of the molecule is CN(c1ccnc(Nc2cc(N3CCOCC3)cc(N3CCOCC3)c2)n1)C1CCCC2NNCC21. The molecule has 3 atom stereocenters. The molecule has 194 valence electrons. The number of hydrogen-bond donors (Lipinski definition) is 3. The molecule has 2 aromatic rings. The number of hydrazine groups is 1. The molecule has 10 nitrogen and oxygen atoms in total. The lowest BCUT2D eigenvalue weighted by Crippen LogP contribution is -2.47. The van der Waals surface area contributed by atoms with Crippen LogP contribution < -0.4 is 30.9 Å². The molecule has 1 aromatic carbocycles. The third-order valence-electron chi connectivity index (χ3n) is 8.06. The van der Waals surface area contributed by atoms with Crippen molar-refractivity contribution in [3.63, 3.8) is 0 Å². The van der Waals surface area contributed by atoms with Crippen LogP contribution in [0.25, 0.3) is 0 Å². The minimum absolute atomic E-state index is 0.464. The van der Waals surface area contributed by atoms with Crippen LogP contribution in [0.4, 0.5) is 28.8 Å². The number of ether oxygens (including phenoxy) is 2. The first kappa shape index (κ1) is 23.7. The molecule has 3 aliphatic heterocycles. The molecule has 1 aliphatic carbocycles. The van der Waals surface area contributed by atoms with E-state index in [4.69, 9.17) is 14.5 Å². The van der Waals surface area contributed by atoms with Crippen LogP contribution in [-0.4, -0.2) is 88.3 Å². The zero-order chi connectivity index (χ0) is 24.3. The number of anilines is 5. The largest absolute Gasteiger partial charge is 0.378 e. The van der Waals surface area contributed by atoms with Crippen LogP contribution in [0, 0.1) is 5.92 Å². The molecule has 36 heavy (non-hydrogen) atoms. The van der Waals surface area contributed by atoms with E-state index in [0.717, 1.165) is 70.7 Å². The summed E-state index contributed by atoms with van der Waals surface area (Å²) in [5.74, 6) is 2.18. The quantitative estimate of drug-likeness (QED) is 0.554. The van der Waals surface area contributed by atoms with Gasteiger partial charge in [-0.25, -0.2) is 4.98 Å². The van der Waals surface area contributed by atoms with Gasteiger partial charge in [0.1, 0.15) is 5.82 Å². The van der Waals surface area contributed by atoms with E-state index in [9.17, 15) is 0 Å². The van der Waals surface area contributed by atoms with Gasteiger partial charge in [0.15, 0.2) is 0 Å². The molecule has 1 saturated carbocycles. The van der Waals surface area contributed by atoms with Gasteiger partial charge in [-0.15, -0.1) is 0 Å². The fourth-order valence-electron chi connectivity index (χ4n) is 6.07. The van der Waals surface area contributed by atoms with Gasteiger partial charge in [-0.3, -0.25) is 10.9 Å². The highest BCUT2D eigenvalue weighted by atomic mass is 16.5. The summed E-state index contributed by atoms with van der Waals surface area (Å²) in [7, 11) is 2.17. The monoisotopic (exact) mass is 494 g/mol. The zero-order valence-electron chi connectivity index (χ0n) is 21.2. The fraction of sp³-hybridized carbons (Fsp3) is 0.615. The number of aromatic nitrogens is 2. The summed E-state index contributed by atoms with van der Waals surface area (Å²) in [5, 5.41) is 3.52. The van der Waals surface area contributed by atoms with Gasteiger partial charge in [0.2, 0.25) is 5.95 Å². The maximum absolute atomic E-state index is 5.59. The molecule has 1 aromatic heterocycles. The van der Waals surface area contributed by atoms with Crippen molar-refractivity contribution in [2.24, 2.45) is 5.92 Å². The number of benzene rings is 1. The molecule has 0 radical (unpaired) electrons. The molecule has 4 fully saturated rings. The second kappa shape index (κ2) is 10.8. The van der Waals surface area contributed by atoms with Crippen LogP contribution in [0.2, 0.25) is 0 Å². The first-order valence-corrected chi connectivity index (χ1v) is 13.4. The Kier molecular flexibility index (Phi) is 7.09. The van der Waals surface area contributed by atoms with E-state index in [-0.39, 0.29) is 0 Å². The van der Waals surface area contributed by atoms with E-state index >= 15 is 0 Å². The van der Waals surface area contributed by atoms with E-state index in [2.05, 4.69) is 61.1 Å². The van der Waals surface area contributed by atoms with E-state index < -0.39 is 0 Å². The van der Waals surface area contributed by atoms with Crippen LogP contribution in [0.3, 0.4) is 0 Å². The summed E-state index contributed by atoms with van der Waals surface area (Å²) in [4.78, 5) is 16.6. The van der Waals surface area contributed by atoms with Gasteiger partial charge in [-0.05, 0) is 43.5 Å². The lowest BCUT2D eigenvalue weighted by Gasteiger charge is -2.39. The van der Waals surface area contributed by atoms with Crippen LogP contribution in [0.15, 0.2) is 30.5 Å². The average Bonchev–Trinajstić information content (AvgIpc) is 3.43.